The molecule has 0 aliphatic heterocycles. The van der Waals surface area contributed by atoms with E-state index in [9.17, 15) is 9.90 Å². The number of rotatable bonds is 3. The van der Waals surface area contributed by atoms with Crippen LogP contribution in [0.1, 0.15) is 15.9 Å². The lowest BCUT2D eigenvalue weighted by Gasteiger charge is -2.03. The number of phenolic OH excluding ortho intramolecular Hbond substituents is 2. The van der Waals surface area contributed by atoms with E-state index in [1.54, 1.807) is 24.3 Å². The van der Waals surface area contributed by atoms with Gasteiger partial charge in [0.25, 0.3) is 5.91 Å². The summed E-state index contributed by atoms with van der Waals surface area (Å²) >= 11 is 5.81. The molecule has 0 aromatic heterocycles. The van der Waals surface area contributed by atoms with E-state index in [4.69, 9.17) is 16.7 Å². The third-order valence-electron chi connectivity index (χ3n) is 2.45. The Morgan fingerprint density at radius 2 is 2.00 bits per heavy atom. The largest absolute Gasteiger partial charge is 0.508 e. The fourth-order valence-electron chi connectivity index (χ4n) is 1.52. The molecule has 1 amide bonds. The molecule has 2 aromatic carbocycles. The van der Waals surface area contributed by atoms with Crippen LogP contribution in [-0.2, 0) is 0 Å². The van der Waals surface area contributed by atoms with Gasteiger partial charge in [-0.05, 0) is 29.8 Å². The number of hydrazone groups is 1. The highest BCUT2D eigenvalue weighted by Gasteiger charge is 2.10. The maximum Gasteiger partial charge on any atom is 0.275 e. The average molecular weight is 291 g/mol. The Bertz CT molecular complexity index is 671. The molecule has 2 aromatic rings. The molecule has 3 N–H and O–H groups in total. The van der Waals surface area contributed by atoms with Gasteiger partial charge in [-0.3, -0.25) is 4.79 Å². The lowest BCUT2D eigenvalue weighted by atomic mass is 10.2. The second-order valence-electron chi connectivity index (χ2n) is 3.96. The fraction of sp³-hybridized carbons (Fsp3) is 0. The van der Waals surface area contributed by atoms with Crippen molar-refractivity contribution >= 4 is 23.7 Å². The van der Waals surface area contributed by atoms with Gasteiger partial charge in [0, 0.05) is 11.1 Å². The van der Waals surface area contributed by atoms with Gasteiger partial charge in [-0.25, -0.2) is 5.43 Å². The van der Waals surface area contributed by atoms with Crippen molar-refractivity contribution in [2.75, 3.05) is 0 Å². The maximum atomic E-state index is 11.7. The number of carbonyl (C=O) groups excluding carboxylic acids is 1. The number of amides is 1. The monoisotopic (exact) mass is 290 g/mol. The van der Waals surface area contributed by atoms with E-state index >= 15 is 0 Å². The van der Waals surface area contributed by atoms with Gasteiger partial charge in [-0.15, -0.1) is 0 Å². The fourth-order valence-corrected chi connectivity index (χ4v) is 1.72. The van der Waals surface area contributed by atoms with Crippen LogP contribution in [0.25, 0.3) is 0 Å². The van der Waals surface area contributed by atoms with Crippen molar-refractivity contribution in [3.63, 3.8) is 0 Å². The Morgan fingerprint density at radius 1 is 1.20 bits per heavy atom. The van der Waals surface area contributed by atoms with Crippen LogP contribution in [0.3, 0.4) is 0 Å². The minimum Gasteiger partial charge on any atom is -0.508 e. The lowest BCUT2D eigenvalue weighted by molar-refractivity contribution is 0.0952. The number of nitrogens with zero attached hydrogens (tertiary/aromatic N) is 1. The molecule has 20 heavy (non-hydrogen) atoms. The van der Waals surface area contributed by atoms with Crippen LogP contribution in [0.4, 0.5) is 0 Å². The van der Waals surface area contributed by atoms with Crippen LogP contribution >= 0.6 is 11.6 Å². The molecule has 0 aliphatic carbocycles. The zero-order valence-corrected chi connectivity index (χ0v) is 11.0. The molecular formula is C14H11ClN2O3. The number of carbonyl (C=O) groups is 1. The number of halogens is 1. The van der Waals surface area contributed by atoms with Crippen LogP contribution < -0.4 is 5.43 Å². The van der Waals surface area contributed by atoms with Crippen molar-refractivity contribution < 1.29 is 15.0 Å². The van der Waals surface area contributed by atoms with Crippen molar-refractivity contribution in [2.45, 2.75) is 0 Å². The molecule has 0 fully saturated rings. The van der Waals surface area contributed by atoms with E-state index in [0.29, 0.717) is 5.02 Å². The molecule has 102 valence electrons. The molecule has 0 atom stereocenters. The van der Waals surface area contributed by atoms with Crippen LogP contribution in [0.2, 0.25) is 5.02 Å². The summed E-state index contributed by atoms with van der Waals surface area (Å²) in [5, 5.41) is 23.0. The number of nitrogens with one attached hydrogen (secondary N) is 1. The first kappa shape index (κ1) is 13.9. The summed E-state index contributed by atoms with van der Waals surface area (Å²) in [6, 6.07) is 10.6. The van der Waals surface area contributed by atoms with E-state index in [0.717, 1.165) is 11.6 Å². The quantitative estimate of drug-likeness (QED) is 0.600. The lowest BCUT2D eigenvalue weighted by Crippen LogP contribution is -2.17. The molecule has 0 aliphatic rings. The minimum atomic E-state index is -0.583. The van der Waals surface area contributed by atoms with Gasteiger partial charge >= 0.3 is 0 Å². The van der Waals surface area contributed by atoms with Crippen molar-refractivity contribution in [2.24, 2.45) is 5.10 Å². The van der Waals surface area contributed by atoms with Crippen LogP contribution in [0.15, 0.2) is 47.6 Å². The first-order chi connectivity index (χ1) is 9.56. The second kappa shape index (κ2) is 6.08. The topological polar surface area (TPSA) is 81.9 Å². The standard InChI is InChI=1S/C14H11ClN2O3/c15-10-3-1-2-9(6-10)8-16-17-14(20)12-5-4-11(18)7-13(12)19/h1-8,18-19H,(H,17,20)/b16-8-. The second-order valence-corrected chi connectivity index (χ2v) is 4.39. The van der Waals surface area contributed by atoms with E-state index in [1.807, 2.05) is 0 Å². The molecule has 0 heterocycles. The molecule has 0 spiro atoms. The van der Waals surface area contributed by atoms with Crippen LogP contribution in [-0.4, -0.2) is 22.3 Å². The van der Waals surface area contributed by atoms with Crippen LogP contribution in [0, 0.1) is 0 Å². The molecule has 0 unspecified atom stereocenters. The Kier molecular flexibility index (Phi) is 4.22. The molecule has 6 heteroatoms. The molecule has 0 bridgehead atoms. The van der Waals surface area contributed by atoms with Crippen LogP contribution in [0.5, 0.6) is 11.5 Å². The minimum absolute atomic E-state index is 0.0195. The highest BCUT2D eigenvalue weighted by Crippen LogP contribution is 2.22. The summed E-state index contributed by atoms with van der Waals surface area (Å²) in [5.74, 6) is -1.03. The Labute approximate surface area is 120 Å². The van der Waals surface area contributed by atoms with Crippen molar-refractivity contribution in [3.8, 4) is 11.5 Å². The summed E-state index contributed by atoms with van der Waals surface area (Å²) in [5.41, 5.74) is 3.02. The highest BCUT2D eigenvalue weighted by atomic mass is 35.5. The summed E-state index contributed by atoms with van der Waals surface area (Å²) < 4.78 is 0. The van der Waals surface area contributed by atoms with Gasteiger partial charge in [0.2, 0.25) is 0 Å². The maximum absolute atomic E-state index is 11.7. The van der Waals surface area contributed by atoms with E-state index < -0.39 is 5.91 Å². The van der Waals surface area contributed by atoms with E-state index in [-0.39, 0.29) is 17.1 Å². The first-order valence-corrected chi connectivity index (χ1v) is 6.05. The highest BCUT2D eigenvalue weighted by molar-refractivity contribution is 6.30. The van der Waals surface area contributed by atoms with Gasteiger partial charge in [-0.2, -0.15) is 5.10 Å². The Balaban J connectivity index is 2.05. The van der Waals surface area contributed by atoms with Gasteiger partial charge in [0.15, 0.2) is 0 Å². The molecule has 0 radical (unpaired) electrons. The van der Waals surface area contributed by atoms with Gasteiger partial charge in [-0.1, -0.05) is 23.7 Å². The van der Waals surface area contributed by atoms with E-state index in [1.165, 1.54) is 18.3 Å². The molecule has 2 rings (SSSR count). The Morgan fingerprint density at radius 3 is 2.70 bits per heavy atom. The predicted molar refractivity (Wildman–Crippen MR) is 76.3 cm³/mol. The molecule has 5 nitrogen and oxygen atoms in total. The molecular weight excluding hydrogens is 280 g/mol. The normalized spacial score (nSPS) is 10.7. The number of hydrogen-bond donors (Lipinski definition) is 3. The van der Waals surface area contributed by atoms with Gasteiger partial charge in [0.05, 0.1) is 11.8 Å². The number of aromatic hydroxyl groups is 2. The SMILES string of the molecule is O=C(N/N=C\c1cccc(Cl)c1)c1ccc(O)cc1O. The predicted octanol–water partition coefficient (Wildman–Crippen LogP) is 2.52. The zero-order valence-electron chi connectivity index (χ0n) is 10.2. The number of benzene rings is 2. The zero-order chi connectivity index (χ0) is 14.5. The number of hydrogen-bond acceptors (Lipinski definition) is 4. The smallest absolute Gasteiger partial charge is 0.275 e. The van der Waals surface area contributed by atoms with Crippen molar-refractivity contribution in [1.29, 1.82) is 0 Å². The summed E-state index contributed by atoms with van der Waals surface area (Å²) in [6.45, 7) is 0. The van der Waals surface area contributed by atoms with Gasteiger partial charge in [0.1, 0.15) is 11.5 Å². The molecule has 0 saturated heterocycles. The third kappa shape index (κ3) is 3.49. The summed E-state index contributed by atoms with van der Waals surface area (Å²) in [4.78, 5) is 11.7. The van der Waals surface area contributed by atoms with Gasteiger partial charge < -0.3 is 10.2 Å². The van der Waals surface area contributed by atoms with Crippen molar-refractivity contribution in [1.82, 2.24) is 5.43 Å². The first-order valence-electron chi connectivity index (χ1n) is 5.67. The summed E-state index contributed by atoms with van der Waals surface area (Å²) in [7, 11) is 0. The average Bonchev–Trinajstić information content (AvgIpc) is 2.38. The van der Waals surface area contributed by atoms with Crippen molar-refractivity contribution in [3.05, 3.63) is 58.6 Å². The molecule has 0 saturated carbocycles. The Hall–Kier alpha value is -2.53. The van der Waals surface area contributed by atoms with E-state index in [2.05, 4.69) is 10.5 Å². The third-order valence-corrected chi connectivity index (χ3v) is 2.69. The number of phenols is 2. The summed E-state index contributed by atoms with van der Waals surface area (Å²) in [6.07, 6.45) is 1.43.